The molecule has 1 N–H and O–H groups in total. The van der Waals surface area contributed by atoms with E-state index in [1.807, 2.05) is 51.9 Å². The van der Waals surface area contributed by atoms with E-state index in [1.54, 1.807) is 30.3 Å². The number of hydrogen-bond acceptors (Lipinski definition) is 6. The highest BCUT2D eigenvalue weighted by Gasteiger charge is 2.34. The Morgan fingerprint density at radius 2 is 1.63 bits per heavy atom. The lowest BCUT2D eigenvalue weighted by Gasteiger charge is -2.20. The molecule has 0 unspecified atom stereocenters. The molecule has 9 nitrogen and oxygen atoms in total. The molecule has 0 radical (unpaired) electrons. The highest BCUT2D eigenvalue weighted by Crippen LogP contribution is 2.34. The lowest BCUT2D eigenvalue weighted by molar-refractivity contribution is -0.117. The number of nitrogens with zero attached hydrogens (tertiary/aromatic N) is 5. The van der Waals surface area contributed by atoms with Gasteiger partial charge in [0.1, 0.15) is 12.4 Å². The van der Waals surface area contributed by atoms with Crippen molar-refractivity contribution in [3.63, 3.8) is 0 Å². The fourth-order valence-corrected chi connectivity index (χ4v) is 7.80. The van der Waals surface area contributed by atoms with Gasteiger partial charge in [0.25, 0.3) is 5.91 Å². The smallest absolute Gasteiger partial charge is 0.303 e. The van der Waals surface area contributed by atoms with Crippen LogP contribution in [0.5, 0.6) is 0 Å². The van der Waals surface area contributed by atoms with Gasteiger partial charge in [-0.2, -0.15) is 18.6 Å². The first kappa shape index (κ1) is 30.4. The summed E-state index contributed by atoms with van der Waals surface area (Å²) >= 11 is 12.7. The van der Waals surface area contributed by atoms with Gasteiger partial charge < -0.3 is 4.57 Å². The van der Waals surface area contributed by atoms with Gasteiger partial charge in [-0.1, -0.05) is 72.8 Å². The van der Waals surface area contributed by atoms with E-state index in [-0.39, 0.29) is 6.54 Å². The number of amides is 1. The number of nitrogens with one attached hydrogen (secondary N) is 1. The summed E-state index contributed by atoms with van der Waals surface area (Å²) in [6.07, 6.45) is 8.53. The highest BCUT2D eigenvalue weighted by molar-refractivity contribution is 7.92. The van der Waals surface area contributed by atoms with Gasteiger partial charge in [-0.3, -0.25) is 4.79 Å². The molecule has 5 aromatic rings. The van der Waals surface area contributed by atoms with Gasteiger partial charge in [0.05, 0.1) is 27.8 Å². The zero-order valence-electron chi connectivity index (χ0n) is 24.7. The van der Waals surface area contributed by atoms with E-state index < -0.39 is 16.1 Å². The second kappa shape index (κ2) is 12.5. The van der Waals surface area contributed by atoms with Crippen molar-refractivity contribution < 1.29 is 13.2 Å². The van der Waals surface area contributed by atoms with Crippen LogP contribution in [-0.2, 0) is 21.4 Å². The normalized spacial score (nSPS) is 16.5. The van der Waals surface area contributed by atoms with Crippen molar-refractivity contribution in [2.75, 3.05) is 10.8 Å². The molecule has 1 aliphatic carbocycles. The van der Waals surface area contributed by atoms with Crippen LogP contribution in [0.4, 0.5) is 5.69 Å². The predicted molar refractivity (Wildman–Crippen MR) is 180 cm³/mol. The second-order valence-electron chi connectivity index (χ2n) is 11.6. The molecule has 234 valence electrons. The van der Waals surface area contributed by atoms with Gasteiger partial charge in [0.15, 0.2) is 0 Å². The predicted octanol–water partition coefficient (Wildman–Crippen LogP) is 7.12. The van der Waals surface area contributed by atoms with Crippen LogP contribution >= 0.6 is 23.2 Å². The molecule has 2 aromatic heterocycles. The zero-order chi connectivity index (χ0) is 31.8. The van der Waals surface area contributed by atoms with Gasteiger partial charge in [-0.25, -0.2) is 14.0 Å². The summed E-state index contributed by atoms with van der Waals surface area (Å²) in [6, 6.07) is 24.5. The molecule has 46 heavy (non-hydrogen) atoms. The first-order chi connectivity index (χ1) is 22.2. The number of carbonyl (C=O) groups is 1. The standard InChI is InChI=1S/C34H30Cl2N6O3S/c35-25-13-14-28(29(36)18-25)32-20-41(26-7-4-8-27(19-26)42-21-34(43)40-46(42,44)45)33(37-32)17-22-9-11-24(12-10-22)31-16-15-30(38-39-31)23-5-2-1-3-6-23/h4,7-16,18-20,23H,1-3,5-6,17,21H2,(H,40,43). The van der Waals surface area contributed by atoms with E-state index in [4.69, 9.17) is 28.2 Å². The molecule has 1 aliphatic heterocycles. The Kier molecular flexibility index (Phi) is 8.27. The third-order valence-electron chi connectivity index (χ3n) is 8.52. The third-order valence-corrected chi connectivity index (χ3v) is 10.5. The van der Waals surface area contributed by atoms with E-state index in [2.05, 4.69) is 22.3 Å². The topological polar surface area (TPSA) is 110 Å². The van der Waals surface area contributed by atoms with Gasteiger partial charge in [-0.05, 0) is 66.9 Å². The fraction of sp³-hybridized carbons (Fsp3) is 0.235. The van der Waals surface area contributed by atoms with Crippen LogP contribution in [0.3, 0.4) is 0 Å². The van der Waals surface area contributed by atoms with E-state index in [1.165, 1.54) is 32.1 Å². The number of hydrogen-bond donors (Lipinski definition) is 1. The van der Waals surface area contributed by atoms with Crippen LogP contribution in [0.15, 0.2) is 85.1 Å². The second-order valence-corrected chi connectivity index (χ2v) is 14.1. The van der Waals surface area contributed by atoms with E-state index >= 15 is 0 Å². The number of halogens is 2. The van der Waals surface area contributed by atoms with Crippen molar-refractivity contribution in [3.8, 4) is 28.2 Å². The van der Waals surface area contributed by atoms with Crippen LogP contribution in [0.25, 0.3) is 28.2 Å². The summed E-state index contributed by atoms with van der Waals surface area (Å²) in [4.78, 5) is 16.8. The number of imidazole rings is 1. The zero-order valence-corrected chi connectivity index (χ0v) is 27.1. The lowest BCUT2D eigenvalue weighted by Crippen LogP contribution is -2.29. The van der Waals surface area contributed by atoms with Crippen molar-refractivity contribution in [3.05, 3.63) is 112 Å². The van der Waals surface area contributed by atoms with Gasteiger partial charge >= 0.3 is 10.2 Å². The summed E-state index contributed by atoms with van der Waals surface area (Å²) in [5, 5.41) is 10.1. The molecule has 1 saturated carbocycles. The summed E-state index contributed by atoms with van der Waals surface area (Å²) in [6.45, 7) is -0.283. The van der Waals surface area contributed by atoms with Crippen LogP contribution < -0.4 is 9.03 Å². The minimum absolute atomic E-state index is 0.283. The van der Waals surface area contributed by atoms with Crippen molar-refractivity contribution in [2.24, 2.45) is 0 Å². The van der Waals surface area contributed by atoms with Gasteiger partial charge in [0, 0.05) is 40.4 Å². The maximum absolute atomic E-state index is 12.5. The Labute approximate surface area is 277 Å². The average molecular weight is 674 g/mol. The van der Waals surface area contributed by atoms with E-state index in [0.29, 0.717) is 50.8 Å². The van der Waals surface area contributed by atoms with Crippen LogP contribution in [0.2, 0.25) is 10.0 Å². The monoisotopic (exact) mass is 672 g/mol. The molecule has 2 aliphatic rings. The largest absolute Gasteiger partial charge is 0.326 e. The molecule has 12 heteroatoms. The van der Waals surface area contributed by atoms with Crippen molar-refractivity contribution in [1.29, 1.82) is 0 Å². The molecule has 3 aromatic carbocycles. The Morgan fingerprint density at radius 1 is 0.848 bits per heavy atom. The fourth-order valence-electron chi connectivity index (χ4n) is 6.16. The van der Waals surface area contributed by atoms with Crippen LogP contribution in [-0.4, -0.2) is 40.6 Å². The van der Waals surface area contributed by atoms with Crippen molar-refractivity contribution in [1.82, 2.24) is 24.5 Å². The SMILES string of the molecule is O=C1CN(c2cccc(-n3cc(-c4ccc(Cl)cc4Cl)nc3Cc3ccc(-c4ccc(C5CCCCC5)nn4)cc3)c2)S(=O)(=O)N1. The van der Waals surface area contributed by atoms with E-state index in [9.17, 15) is 13.2 Å². The molecule has 0 bridgehead atoms. The first-order valence-electron chi connectivity index (χ1n) is 15.1. The van der Waals surface area contributed by atoms with Gasteiger partial charge in [0.2, 0.25) is 0 Å². The first-order valence-corrected chi connectivity index (χ1v) is 17.3. The summed E-state index contributed by atoms with van der Waals surface area (Å²) in [7, 11) is -3.96. The Bertz CT molecular complexity index is 2030. The Hall–Kier alpha value is -4.25. The molecule has 0 spiro atoms. The Morgan fingerprint density at radius 3 is 2.33 bits per heavy atom. The van der Waals surface area contributed by atoms with Crippen molar-refractivity contribution in [2.45, 2.75) is 44.4 Å². The molecule has 3 heterocycles. The van der Waals surface area contributed by atoms with Crippen molar-refractivity contribution >= 4 is 45.0 Å². The number of carbonyl (C=O) groups excluding carboxylic acids is 1. The Balaban J connectivity index is 1.20. The summed E-state index contributed by atoms with van der Waals surface area (Å²) in [5.41, 5.74) is 6.29. The molecule has 0 atom stereocenters. The molecular formula is C34H30Cl2N6O3S. The number of rotatable bonds is 7. The minimum atomic E-state index is -3.96. The van der Waals surface area contributed by atoms with Crippen LogP contribution in [0.1, 0.15) is 55.1 Å². The molecule has 1 saturated heterocycles. The maximum Gasteiger partial charge on any atom is 0.326 e. The highest BCUT2D eigenvalue weighted by atomic mass is 35.5. The molecule has 1 amide bonds. The average Bonchev–Trinajstić information content (AvgIpc) is 3.60. The number of benzene rings is 3. The van der Waals surface area contributed by atoms with Gasteiger partial charge in [-0.15, -0.1) is 0 Å². The number of anilines is 1. The summed E-state index contributed by atoms with van der Waals surface area (Å²) < 4.78 is 30.1. The lowest BCUT2D eigenvalue weighted by atomic mass is 9.87. The third kappa shape index (κ3) is 6.25. The molecule has 7 rings (SSSR count). The van der Waals surface area contributed by atoms with E-state index in [0.717, 1.165) is 26.8 Å². The molecule has 2 fully saturated rings. The molecular weight excluding hydrogens is 643 g/mol. The quantitative estimate of drug-likeness (QED) is 0.197. The summed E-state index contributed by atoms with van der Waals surface area (Å²) in [5.74, 6) is 0.637. The maximum atomic E-state index is 12.5. The number of aromatic nitrogens is 4. The minimum Gasteiger partial charge on any atom is -0.303 e. The van der Waals surface area contributed by atoms with Crippen LogP contribution in [0, 0.1) is 0 Å².